The van der Waals surface area contributed by atoms with E-state index in [9.17, 15) is 14.4 Å². The van der Waals surface area contributed by atoms with Crippen LogP contribution in [0.3, 0.4) is 0 Å². The van der Waals surface area contributed by atoms with E-state index in [1.54, 1.807) is 0 Å². The average Bonchev–Trinajstić information content (AvgIpc) is 3.24. The number of hydrogen-bond donors (Lipinski definition) is 1. The molecule has 220 valence electrons. The van der Waals surface area contributed by atoms with Crippen molar-refractivity contribution in [2.75, 3.05) is 119 Å². The smallest absolute Gasteiger partial charge is 0.253 e. The number of nitrogens with one attached hydrogen (secondary N) is 1. The van der Waals surface area contributed by atoms with Crippen LogP contribution in [-0.2, 0) is 52.3 Å². The van der Waals surface area contributed by atoms with Gasteiger partial charge in [0, 0.05) is 38.3 Å². The van der Waals surface area contributed by atoms with Crippen molar-refractivity contribution in [3.8, 4) is 0 Å². The van der Waals surface area contributed by atoms with E-state index in [-0.39, 0.29) is 18.9 Å². The first-order chi connectivity index (χ1) is 18.6. The summed E-state index contributed by atoms with van der Waals surface area (Å²) in [5, 5.41) is 2.67. The summed E-state index contributed by atoms with van der Waals surface area (Å²) in [6, 6.07) is 0. The lowest BCUT2D eigenvalue weighted by Crippen LogP contribution is -2.35. The van der Waals surface area contributed by atoms with Crippen LogP contribution < -0.4 is 5.32 Å². The first-order valence-corrected chi connectivity index (χ1v) is 13.1. The molecular weight excluding hydrogens is 504 g/mol. The molecule has 1 rings (SSSR count). The fraction of sp³-hybridized carbons (Fsp3) is 0.800. The number of imide groups is 1. The van der Waals surface area contributed by atoms with Crippen molar-refractivity contribution in [1.82, 2.24) is 10.2 Å². The zero-order valence-electron chi connectivity index (χ0n) is 22.5. The van der Waals surface area contributed by atoms with Crippen LogP contribution in [0.5, 0.6) is 0 Å². The molecular formula is C25H44N2O11. The Morgan fingerprint density at radius 3 is 1.32 bits per heavy atom. The van der Waals surface area contributed by atoms with Crippen LogP contribution in [0.25, 0.3) is 0 Å². The Balaban J connectivity index is 1.69. The summed E-state index contributed by atoms with van der Waals surface area (Å²) in [5.74, 6) is -1.03. The van der Waals surface area contributed by atoms with Crippen LogP contribution in [0, 0.1) is 0 Å². The van der Waals surface area contributed by atoms with Gasteiger partial charge < -0.3 is 43.2 Å². The Kier molecular flexibility index (Phi) is 22.7. The molecule has 0 unspecified atom stereocenters. The largest absolute Gasteiger partial charge is 0.379 e. The van der Waals surface area contributed by atoms with Gasteiger partial charge in [-0.25, -0.2) is 0 Å². The van der Waals surface area contributed by atoms with E-state index in [4.69, 9.17) is 37.9 Å². The van der Waals surface area contributed by atoms with Crippen molar-refractivity contribution in [3.05, 3.63) is 12.2 Å². The molecule has 0 spiro atoms. The quantitative estimate of drug-likeness (QED) is 0.101. The second kappa shape index (κ2) is 25.3. The lowest BCUT2D eigenvalue weighted by Gasteiger charge is -2.13. The molecule has 0 bridgehead atoms. The Labute approximate surface area is 225 Å². The summed E-state index contributed by atoms with van der Waals surface area (Å²) in [5.41, 5.74) is 0. The third-order valence-electron chi connectivity index (χ3n) is 4.84. The molecule has 0 saturated carbocycles. The predicted molar refractivity (Wildman–Crippen MR) is 136 cm³/mol. The highest BCUT2D eigenvalue weighted by Gasteiger charge is 2.23. The highest BCUT2D eigenvalue weighted by Crippen LogP contribution is 2.03. The van der Waals surface area contributed by atoms with Gasteiger partial charge in [0.05, 0.1) is 99.1 Å². The molecule has 0 aromatic heterocycles. The molecule has 1 aliphatic rings. The van der Waals surface area contributed by atoms with Gasteiger partial charge in [0.15, 0.2) is 0 Å². The van der Waals surface area contributed by atoms with Crippen LogP contribution in [0.4, 0.5) is 0 Å². The van der Waals surface area contributed by atoms with E-state index in [0.29, 0.717) is 112 Å². The molecule has 13 nitrogen and oxygen atoms in total. The summed E-state index contributed by atoms with van der Waals surface area (Å²) in [6.07, 6.45) is 2.45. The van der Waals surface area contributed by atoms with E-state index in [2.05, 4.69) is 5.32 Å². The molecule has 0 radical (unpaired) electrons. The summed E-state index contributed by atoms with van der Waals surface area (Å²) in [4.78, 5) is 35.6. The molecule has 3 amide bonds. The number of nitrogens with zero attached hydrogens (tertiary/aromatic N) is 1. The van der Waals surface area contributed by atoms with E-state index in [1.165, 1.54) is 12.2 Å². The first-order valence-electron chi connectivity index (χ1n) is 13.1. The van der Waals surface area contributed by atoms with Gasteiger partial charge in [-0.2, -0.15) is 0 Å². The van der Waals surface area contributed by atoms with Crippen molar-refractivity contribution in [1.29, 1.82) is 0 Å². The summed E-state index contributed by atoms with van der Waals surface area (Å²) >= 11 is 0. The zero-order valence-corrected chi connectivity index (χ0v) is 22.5. The van der Waals surface area contributed by atoms with Crippen LogP contribution in [0.15, 0.2) is 12.2 Å². The fourth-order valence-corrected chi connectivity index (χ4v) is 2.90. The number of carbonyl (C=O) groups is 3. The van der Waals surface area contributed by atoms with Gasteiger partial charge in [-0.3, -0.25) is 19.3 Å². The molecule has 0 aromatic rings. The molecule has 0 aromatic carbocycles. The van der Waals surface area contributed by atoms with Crippen molar-refractivity contribution in [2.45, 2.75) is 13.3 Å². The third-order valence-corrected chi connectivity index (χ3v) is 4.84. The number of rotatable bonds is 28. The summed E-state index contributed by atoms with van der Waals surface area (Å²) in [7, 11) is 0. The summed E-state index contributed by atoms with van der Waals surface area (Å²) in [6.45, 7) is 10.4. The van der Waals surface area contributed by atoms with Gasteiger partial charge >= 0.3 is 0 Å². The monoisotopic (exact) mass is 548 g/mol. The van der Waals surface area contributed by atoms with Gasteiger partial charge in [-0.1, -0.05) is 0 Å². The van der Waals surface area contributed by atoms with Crippen molar-refractivity contribution in [2.24, 2.45) is 0 Å². The van der Waals surface area contributed by atoms with Crippen molar-refractivity contribution >= 4 is 17.7 Å². The van der Waals surface area contributed by atoms with Gasteiger partial charge in [0.25, 0.3) is 11.8 Å². The topological polar surface area (TPSA) is 140 Å². The van der Waals surface area contributed by atoms with Gasteiger partial charge in [0.2, 0.25) is 5.91 Å². The molecule has 38 heavy (non-hydrogen) atoms. The molecule has 13 heteroatoms. The van der Waals surface area contributed by atoms with Gasteiger partial charge in [-0.05, 0) is 6.92 Å². The number of carbonyl (C=O) groups excluding carboxylic acids is 3. The minimum atomic E-state index is -0.393. The molecule has 1 aliphatic heterocycles. The van der Waals surface area contributed by atoms with Crippen molar-refractivity contribution in [3.63, 3.8) is 0 Å². The van der Waals surface area contributed by atoms with Crippen LogP contribution in [0.2, 0.25) is 0 Å². The number of hydrogen-bond acceptors (Lipinski definition) is 11. The number of amides is 3. The fourth-order valence-electron chi connectivity index (χ4n) is 2.90. The second-order valence-electron chi connectivity index (χ2n) is 7.74. The molecule has 1 N–H and O–H groups in total. The normalized spacial score (nSPS) is 13.1. The Morgan fingerprint density at radius 2 is 0.947 bits per heavy atom. The second-order valence-corrected chi connectivity index (χ2v) is 7.74. The maximum absolute atomic E-state index is 11.7. The molecule has 0 saturated heterocycles. The summed E-state index contributed by atoms with van der Waals surface area (Å²) < 4.78 is 43.0. The average molecular weight is 549 g/mol. The van der Waals surface area contributed by atoms with E-state index in [0.717, 1.165) is 4.90 Å². The van der Waals surface area contributed by atoms with Crippen molar-refractivity contribution < 1.29 is 52.3 Å². The first kappa shape index (κ1) is 34.1. The maximum atomic E-state index is 11.7. The lowest BCUT2D eigenvalue weighted by atomic mass is 10.3. The Morgan fingerprint density at radius 1 is 0.605 bits per heavy atom. The van der Waals surface area contributed by atoms with E-state index in [1.807, 2.05) is 6.92 Å². The minimum absolute atomic E-state index is 0.0592. The zero-order chi connectivity index (χ0) is 27.5. The highest BCUT2D eigenvalue weighted by molar-refractivity contribution is 6.13. The predicted octanol–water partition coefficient (Wildman–Crippen LogP) is -0.430. The van der Waals surface area contributed by atoms with Gasteiger partial charge in [0.1, 0.15) is 0 Å². The van der Waals surface area contributed by atoms with Crippen LogP contribution in [-0.4, -0.2) is 141 Å². The number of ether oxygens (including phenoxy) is 8. The molecule has 1 heterocycles. The third kappa shape index (κ3) is 20.1. The minimum Gasteiger partial charge on any atom is -0.379 e. The molecule has 0 aliphatic carbocycles. The standard InChI is InChI=1S/C25H44N2O11/c1-2-31-9-10-33-13-14-35-17-18-37-21-22-38-20-19-36-16-15-34-12-11-32-8-6-26-23(28)5-7-27-24(29)3-4-25(27)30/h3-4H,2,5-22H2,1H3,(H,26,28). The van der Waals surface area contributed by atoms with Crippen LogP contribution in [0.1, 0.15) is 13.3 Å². The SMILES string of the molecule is CCOCCOCCOCCOCCOCCOCCOCCOCCNC(=O)CCN1C(=O)C=CC1=O. The Hall–Kier alpha value is -1.97. The molecule has 0 fully saturated rings. The van der Waals surface area contributed by atoms with Gasteiger partial charge in [-0.15, -0.1) is 0 Å². The highest BCUT2D eigenvalue weighted by atomic mass is 16.6. The van der Waals surface area contributed by atoms with E-state index < -0.39 is 11.8 Å². The van der Waals surface area contributed by atoms with E-state index >= 15 is 0 Å². The molecule has 0 atom stereocenters. The Bertz CT molecular complexity index is 631. The van der Waals surface area contributed by atoms with Crippen LogP contribution >= 0.6 is 0 Å². The maximum Gasteiger partial charge on any atom is 0.253 e. The lowest BCUT2D eigenvalue weighted by molar-refractivity contribution is -0.137.